The van der Waals surface area contributed by atoms with Crippen LogP contribution in [0.5, 0.6) is 0 Å². The van der Waals surface area contributed by atoms with E-state index in [1.165, 1.54) is 16.7 Å². The molecule has 0 aromatic carbocycles. The first-order valence-corrected chi connectivity index (χ1v) is 7.76. The van der Waals surface area contributed by atoms with Crippen molar-refractivity contribution in [3.63, 3.8) is 0 Å². The van der Waals surface area contributed by atoms with E-state index in [9.17, 15) is 9.59 Å². The molecule has 0 saturated heterocycles. The van der Waals surface area contributed by atoms with Crippen molar-refractivity contribution >= 4 is 23.6 Å². The number of nitrogens with zero attached hydrogens (tertiary/aromatic N) is 4. The van der Waals surface area contributed by atoms with Crippen LogP contribution in [0.25, 0.3) is 0 Å². The molecule has 0 atom stereocenters. The van der Waals surface area contributed by atoms with Crippen LogP contribution in [0, 0.1) is 0 Å². The standard InChI is InChI=1S/C13H21N5O2S/c1-4-7-18-10-15-16-13(18)21-9-12(20)17(6-3)8-11(19)14-5-2/h4,10H,1,5-9H2,2-3H3,(H,14,19). The highest BCUT2D eigenvalue weighted by Crippen LogP contribution is 2.15. The topological polar surface area (TPSA) is 80.1 Å². The Labute approximate surface area is 128 Å². The predicted molar refractivity (Wildman–Crippen MR) is 81.9 cm³/mol. The van der Waals surface area contributed by atoms with Gasteiger partial charge in [-0.15, -0.1) is 16.8 Å². The summed E-state index contributed by atoms with van der Waals surface area (Å²) in [5, 5.41) is 11.1. The summed E-state index contributed by atoms with van der Waals surface area (Å²) in [7, 11) is 0. The fourth-order valence-electron chi connectivity index (χ4n) is 1.64. The molecular weight excluding hydrogens is 290 g/mol. The Bertz CT molecular complexity index is 489. The van der Waals surface area contributed by atoms with Gasteiger partial charge in [0.2, 0.25) is 11.8 Å². The minimum atomic E-state index is -0.146. The van der Waals surface area contributed by atoms with Gasteiger partial charge in [-0.1, -0.05) is 17.8 Å². The van der Waals surface area contributed by atoms with Gasteiger partial charge in [-0.05, 0) is 13.8 Å². The number of rotatable bonds is 9. The van der Waals surface area contributed by atoms with Crippen LogP contribution in [0.4, 0.5) is 0 Å². The average Bonchev–Trinajstić information content (AvgIpc) is 2.90. The molecule has 21 heavy (non-hydrogen) atoms. The Morgan fingerprint density at radius 3 is 2.90 bits per heavy atom. The lowest BCUT2D eigenvalue weighted by molar-refractivity contribution is -0.133. The molecule has 0 spiro atoms. The molecule has 2 amide bonds. The summed E-state index contributed by atoms with van der Waals surface area (Å²) in [4.78, 5) is 25.2. The SMILES string of the molecule is C=CCn1cnnc1SCC(=O)N(CC)CC(=O)NCC. The first kappa shape index (κ1) is 17.2. The Kier molecular flexibility index (Phi) is 7.52. The number of likely N-dealkylation sites (N-methyl/N-ethyl adjacent to an activating group) is 2. The van der Waals surface area contributed by atoms with E-state index in [2.05, 4.69) is 22.1 Å². The molecule has 0 aliphatic carbocycles. The van der Waals surface area contributed by atoms with Crippen molar-refractivity contribution in [3.8, 4) is 0 Å². The van der Waals surface area contributed by atoms with Gasteiger partial charge in [0.1, 0.15) is 6.33 Å². The zero-order chi connectivity index (χ0) is 15.7. The number of aromatic nitrogens is 3. The fraction of sp³-hybridized carbons (Fsp3) is 0.538. The largest absolute Gasteiger partial charge is 0.355 e. The van der Waals surface area contributed by atoms with Gasteiger partial charge in [-0.2, -0.15) is 0 Å². The van der Waals surface area contributed by atoms with E-state index in [1.54, 1.807) is 12.4 Å². The highest BCUT2D eigenvalue weighted by molar-refractivity contribution is 7.99. The highest BCUT2D eigenvalue weighted by Gasteiger charge is 2.16. The van der Waals surface area contributed by atoms with Crippen molar-refractivity contribution in [2.24, 2.45) is 0 Å². The number of thioether (sulfide) groups is 1. The van der Waals surface area contributed by atoms with Crippen LogP contribution in [0.15, 0.2) is 24.1 Å². The first-order valence-electron chi connectivity index (χ1n) is 6.78. The maximum absolute atomic E-state index is 12.1. The number of nitrogens with one attached hydrogen (secondary N) is 1. The predicted octanol–water partition coefficient (Wildman–Crippen LogP) is 0.541. The van der Waals surface area contributed by atoms with Crippen molar-refractivity contribution in [3.05, 3.63) is 19.0 Å². The Hall–Kier alpha value is -1.83. The second-order valence-electron chi connectivity index (χ2n) is 4.20. The third-order valence-electron chi connectivity index (χ3n) is 2.67. The Morgan fingerprint density at radius 2 is 2.29 bits per heavy atom. The van der Waals surface area contributed by atoms with Gasteiger partial charge in [0.25, 0.3) is 0 Å². The van der Waals surface area contributed by atoms with Crippen molar-refractivity contribution in [2.75, 3.05) is 25.4 Å². The molecule has 1 heterocycles. The number of carbonyl (C=O) groups excluding carboxylic acids is 2. The van der Waals surface area contributed by atoms with E-state index in [0.717, 1.165) is 0 Å². The molecule has 1 aromatic rings. The molecule has 7 nitrogen and oxygen atoms in total. The number of allylic oxidation sites excluding steroid dienone is 1. The van der Waals surface area contributed by atoms with Crippen LogP contribution in [0.1, 0.15) is 13.8 Å². The van der Waals surface area contributed by atoms with Crippen LogP contribution < -0.4 is 5.32 Å². The number of hydrogen-bond donors (Lipinski definition) is 1. The first-order chi connectivity index (χ1) is 10.1. The van der Waals surface area contributed by atoms with Crippen LogP contribution in [-0.2, 0) is 16.1 Å². The molecule has 0 saturated carbocycles. The van der Waals surface area contributed by atoms with E-state index in [0.29, 0.717) is 24.8 Å². The molecule has 116 valence electrons. The fourth-order valence-corrected chi connectivity index (χ4v) is 2.47. The minimum absolute atomic E-state index is 0.0864. The van der Waals surface area contributed by atoms with Gasteiger partial charge in [-0.25, -0.2) is 0 Å². The third kappa shape index (κ3) is 5.58. The molecule has 1 aromatic heterocycles. The maximum atomic E-state index is 12.1. The molecule has 0 aliphatic rings. The molecule has 0 fully saturated rings. The van der Waals surface area contributed by atoms with Crippen molar-refractivity contribution < 1.29 is 9.59 Å². The van der Waals surface area contributed by atoms with Gasteiger partial charge < -0.3 is 14.8 Å². The van der Waals surface area contributed by atoms with Crippen molar-refractivity contribution in [1.82, 2.24) is 25.0 Å². The molecule has 0 unspecified atom stereocenters. The summed E-state index contributed by atoms with van der Waals surface area (Å²) in [5.74, 6) is -0.0160. The summed E-state index contributed by atoms with van der Waals surface area (Å²) in [6.07, 6.45) is 3.34. The second-order valence-corrected chi connectivity index (χ2v) is 5.15. The van der Waals surface area contributed by atoms with Crippen LogP contribution >= 0.6 is 11.8 Å². The summed E-state index contributed by atoms with van der Waals surface area (Å²) in [5.41, 5.74) is 0. The third-order valence-corrected chi connectivity index (χ3v) is 3.64. The monoisotopic (exact) mass is 311 g/mol. The van der Waals surface area contributed by atoms with E-state index in [4.69, 9.17) is 0 Å². The Balaban J connectivity index is 2.52. The van der Waals surface area contributed by atoms with Crippen LogP contribution in [-0.4, -0.2) is 56.9 Å². The summed E-state index contributed by atoms with van der Waals surface area (Å²) >= 11 is 1.30. The van der Waals surface area contributed by atoms with Crippen molar-refractivity contribution in [1.29, 1.82) is 0 Å². The molecule has 8 heteroatoms. The molecule has 0 bridgehead atoms. The maximum Gasteiger partial charge on any atom is 0.239 e. The van der Waals surface area contributed by atoms with Crippen molar-refractivity contribution in [2.45, 2.75) is 25.5 Å². The molecule has 1 rings (SSSR count). The molecular formula is C13H21N5O2S. The number of hydrogen-bond acceptors (Lipinski definition) is 5. The lowest BCUT2D eigenvalue weighted by atomic mass is 10.4. The highest BCUT2D eigenvalue weighted by atomic mass is 32.2. The van der Waals surface area contributed by atoms with E-state index >= 15 is 0 Å². The van der Waals surface area contributed by atoms with Crippen LogP contribution in [0.2, 0.25) is 0 Å². The minimum Gasteiger partial charge on any atom is -0.355 e. The van der Waals surface area contributed by atoms with Gasteiger partial charge in [0, 0.05) is 19.6 Å². The van der Waals surface area contributed by atoms with E-state index in [1.807, 2.05) is 18.4 Å². The summed E-state index contributed by atoms with van der Waals surface area (Å²) in [6.45, 7) is 9.09. The summed E-state index contributed by atoms with van der Waals surface area (Å²) in [6, 6.07) is 0. The Morgan fingerprint density at radius 1 is 1.52 bits per heavy atom. The van der Waals surface area contributed by atoms with Gasteiger partial charge in [0.05, 0.1) is 12.3 Å². The van der Waals surface area contributed by atoms with Crippen LogP contribution in [0.3, 0.4) is 0 Å². The lowest BCUT2D eigenvalue weighted by Crippen LogP contribution is -2.41. The quantitative estimate of drug-likeness (QED) is 0.532. The normalized spacial score (nSPS) is 10.2. The number of carbonyl (C=O) groups is 2. The van der Waals surface area contributed by atoms with Gasteiger partial charge in [-0.3, -0.25) is 9.59 Å². The number of amides is 2. The molecule has 0 radical (unpaired) electrons. The summed E-state index contributed by atoms with van der Waals surface area (Å²) < 4.78 is 1.81. The second kappa shape index (κ2) is 9.17. The molecule has 1 N–H and O–H groups in total. The van der Waals surface area contributed by atoms with E-state index in [-0.39, 0.29) is 24.1 Å². The van der Waals surface area contributed by atoms with Gasteiger partial charge in [0.15, 0.2) is 5.16 Å². The smallest absolute Gasteiger partial charge is 0.239 e. The molecule has 0 aliphatic heterocycles. The zero-order valence-electron chi connectivity index (χ0n) is 12.4. The zero-order valence-corrected chi connectivity index (χ0v) is 13.2. The average molecular weight is 311 g/mol. The van der Waals surface area contributed by atoms with E-state index < -0.39 is 0 Å². The van der Waals surface area contributed by atoms with Gasteiger partial charge >= 0.3 is 0 Å². The lowest BCUT2D eigenvalue weighted by Gasteiger charge is -2.19.